The molecule has 14 atom stereocenters. The number of amides is 4. The first-order chi connectivity index (χ1) is 55.1. The van der Waals surface area contributed by atoms with Crippen molar-refractivity contribution in [3.8, 4) is 0 Å². The van der Waals surface area contributed by atoms with Gasteiger partial charge in [0.1, 0.15) is 59.4 Å². The first kappa shape index (κ1) is 82.7. The fraction of sp³-hybridized carbons (Fsp3) is 0.486. The van der Waals surface area contributed by atoms with E-state index in [4.69, 9.17) is 47.7 Å². The highest BCUT2D eigenvalue weighted by atomic mass is 16.7. The quantitative estimate of drug-likeness (QED) is 0.0330. The highest BCUT2D eigenvalue weighted by molar-refractivity contribution is 6.04. The number of nitrogens with zero attached hydrogens (tertiary/aromatic N) is 12. The molecule has 6 fully saturated rings. The average Bonchev–Trinajstić information content (AvgIpc) is 1.57. The Hall–Kier alpha value is -11.7. The summed E-state index contributed by atoms with van der Waals surface area (Å²) in [5.74, 6) is -2.58. The van der Waals surface area contributed by atoms with Crippen LogP contribution in [0.1, 0.15) is 144 Å². The molecule has 6 aliphatic heterocycles. The predicted molar refractivity (Wildman–Crippen MR) is 398 cm³/mol. The maximum absolute atomic E-state index is 13.1. The molecule has 0 radical (unpaired) electrons. The summed E-state index contributed by atoms with van der Waals surface area (Å²) in [6.45, 7) is 10.8. The van der Waals surface area contributed by atoms with Gasteiger partial charge in [-0.05, 0) is 64.8 Å². The zero-order valence-electron chi connectivity index (χ0n) is 63.9. The Balaban J connectivity index is 0.000000193. The monoisotopic (exact) mass is 1600 g/mol. The normalized spacial score (nSPS) is 24.8. The van der Waals surface area contributed by atoms with Crippen molar-refractivity contribution >= 4 is 47.2 Å². The minimum Gasteiger partial charge on any atom is -0.481 e. The van der Waals surface area contributed by atoms with E-state index < -0.39 is 112 Å². The molecule has 115 heavy (non-hydrogen) atoms. The minimum absolute atomic E-state index is 0.000738. The van der Waals surface area contributed by atoms with E-state index in [1.165, 1.54) is 54.1 Å². The van der Waals surface area contributed by atoms with Crippen molar-refractivity contribution in [3.05, 3.63) is 205 Å². The minimum atomic E-state index is -1.31. The summed E-state index contributed by atoms with van der Waals surface area (Å²) in [6.07, 6.45) is 2.48. The van der Waals surface area contributed by atoms with Gasteiger partial charge in [-0.2, -0.15) is 9.97 Å². The Labute approximate surface area is 652 Å². The molecular formula is C74H88N18O23. The second kappa shape index (κ2) is 35.8. The molecule has 0 spiro atoms. The third-order valence-electron chi connectivity index (χ3n) is 20.3. The standard InChI is InChI=1S/C37H43N9O11.C32H36N8O9.C5H9NO3/c1-5-24-25(13-27(55-24)45-14-20(2)31(40-35(45)51)39-33(50)22-9-7-6-8-10-22)53-17-23-16-44(43-42-23)18-37-19-54-29(30(37)56-28(48)12-11-26(47)38-4)34(57-37)46-15-21(3)32(49)41-36(46)52;1-4-21-22(10-23(48-21)39-11-17(2)26(34-30(39)44)33-28(43)19-8-6-5-7-9-19)46-14-20-13-38(37-36-20)15-32-16-47-24(25(32)41)29(49-32)40-12-18(3)27(42)35-31(40)45;1-6-4(7)2-3-5(8)9/h6-10,14-16,24-25,27,29-30,34H,5,11-13,17-19H2,1-4H3,(H,38,47)(H,41,49,52)(H,39,40,50,51);5-9,11-13,21-25,29,41H,4,10,14-16H2,1-3H3,(H,35,42,45)(H,33,34,43,44);2-3H2,1H3,(H,6,7)(H,8,9)/t24-,25?,27-,29+,30?,34-,37+;21-,22?,23-,24+,25?,29-,32+;/m11./s1. The molecule has 14 rings (SSSR count). The van der Waals surface area contributed by atoms with Gasteiger partial charge >= 0.3 is 34.7 Å². The van der Waals surface area contributed by atoms with Crippen LogP contribution in [0.25, 0.3) is 0 Å². The Morgan fingerprint density at radius 2 is 0.983 bits per heavy atom. The van der Waals surface area contributed by atoms with Crippen LogP contribution < -0.4 is 55.1 Å². The third kappa shape index (κ3) is 18.7. The first-order valence-corrected chi connectivity index (χ1v) is 37.1. The number of hydrogen-bond acceptors (Lipinski definition) is 28. The van der Waals surface area contributed by atoms with Gasteiger partial charge in [-0.3, -0.25) is 66.6 Å². The third-order valence-corrected chi connectivity index (χ3v) is 20.3. The van der Waals surface area contributed by atoms with E-state index in [1.54, 1.807) is 107 Å². The van der Waals surface area contributed by atoms with Gasteiger partial charge in [0, 0.05) is 97.9 Å². The Morgan fingerprint density at radius 3 is 1.44 bits per heavy atom. The van der Waals surface area contributed by atoms with Crippen molar-refractivity contribution in [1.82, 2.24) is 78.8 Å². The number of rotatable bonds is 27. The number of anilines is 2. The molecule has 2 aromatic carbocycles. The lowest BCUT2D eigenvalue weighted by atomic mass is 9.98. The van der Waals surface area contributed by atoms with Gasteiger partial charge in [0.15, 0.2) is 24.2 Å². The number of carbonyl (C=O) groups excluding carboxylic acids is 5. The van der Waals surface area contributed by atoms with Crippen LogP contribution in [-0.2, 0) is 88.1 Å². The first-order valence-electron chi connectivity index (χ1n) is 37.1. The van der Waals surface area contributed by atoms with Gasteiger partial charge < -0.3 is 74.1 Å². The molecule has 12 heterocycles. The number of carboxylic acid groups (broad SMARTS) is 1. The van der Waals surface area contributed by atoms with Gasteiger partial charge in [-0.25, -0.2) is 28.5 Å². The molecule has 4 bridgehead atoms. The number of fused-ring (bicyclic) bond motifs is 4. The summed E-state index contributed by atoms with van der Waals surface area (Å²) >= 11 is 0. The van der Waals surface area contributed by atoms with Gasteiger partial charge in [0.25, 0.3) is 22.9 Å². The second-order valence-corrected chi connectivity index (χ2v) is 28.4. The van der Waals surface area contributed by atoms with E-state index in [0.717, 1.165) is 0 Å². The van der Waals surface area contributed by atoms with Crippen LogP contribution in [-0.4, -0.2) is 201 Å². The fourth-order valence-corrected chi connectivity index (χ4v) is 14.2. The van der Waals surface area contributed by atoms with Crippen LogP contribution in [0.4, 0.5) is 11.6 Å². The van der Waals surface area contributed by atoms with E-state index >= 15 is 0 Å². The number of carboxylic acids is 1. The highest BCUT2D eigenvalue weighted by Gasteiger charge is 2.65. The molecule has 4 unspecified atom stereocenters. The van der Waals surface area contributed by atoms with Gasteiger partial charge in [-0.1, -0.05) is 60.7 Å². The molecule has 6 saturated heterocycles. The number of aliphatic carboxylic acids is 1. The Kier molecular flexibility index (Phi) is 25.7. The number of aromatic amines is 2. The van der Waals surface area contributed by atoms with Crippen molar-refractivity contribution in [2.24, 2.45) is 0 Å². The second-order valence-electron chi connectivity index (χ2n) is 28.4. The van der Waals surface area contributed by atoms with Gasteiger partial charge in [0.2, 0.25) is 11.8 Å². The summed E-state index contributed by atoms with van der Waals surface area (Å²) in [6, 6.07) is 17.3. The lowest BCUT2D eigenvalue weighted by molar-refractivity contribution is -0.183. The summed E-state index contributed by atoms with van der Waals surface area (Å²) in [4.78, 5) is 158. The average molecular weight is 1600 g/mol. The molecule has 8 N–H and O–H groups in total. The summed E-state index contributed by atoms with van der Waals surface area (Å²) in [5, 5.41) is 46.3. The summed E-state index contributed by atoms with van der Waals surface area (Å²) < 4.78 is 63.5. The maximum Gasteiger partial charge on any atom is 0.351 e. The maximum atomic E-state index is 13.1. The molecule has 41 nitrogen and oxygen atoms in total. The number of aliphatic hydroxyl groups is 1. The largest absolute Gasteiger partial charge is 0.481 e. The van der Waals surface area contributed by atoms with Crippen molar-refractivity contribution in [2.45, 2.75) is 204 Å². The molecule has 0 aliphatic carbocycles. The van der Waals surface area contributed by atoms with Gasteiger partial charge in [-0.15, -0.1) is 10.2 Å². The SMILES string of the molecule is CC[C@H]1O[C@@H](n2cc(C)c(NC(=O)c3ccccc3)nc2=O)CC1OCc1cn(C[C@]23CO[C@@H](C2O)[C@H](n2cc(C)c(=O)[nH]c2=O)O3)nn1.CC[C@H]1O[C@@H](n2cc(C)c(NC(=O)c3ccccc3)nc2=O)CC1OCc1cn(C[C@]23CO[C@@H](C2OC(=O)CCC(=O)NC)[C@H](n2cc(C)c(=O)[nH]c2=O)O3)nn1.CNC(=O)CCC(=O)O. The summed E-state index contributed by atoms with van der Waals surface area (Å²) in [5.41, 5.74) is -2.44. The number of benzene rings is 2. The highest BCUT2D eigenvalue weighted by Crippen LogP contribution is 2.48. The van der Waals surface area contributed by atoms with Crippen molar-refractivity contribution in [2.75, 3.05) is 37.9 Å². The molecule has 8 aromatic rings. The number of aromatic nitrogens is 14. The number of aliphatic hydroxyl groups excluding tert-OH is 1. The number of carbonyl (C=O) groups is 6. The summed E-state index contributed by atoms with van der Waals surface area (Å²) in [7, 11) is 2.94. The van der Waals surface area contributed by atoms with Gasteiger partial charge in [0.05, 0.1) is 89.2 Å². The number of hydrogen-bond donors (Lipinski definition) is 8. The zero-order chi connectivity index (χ0) is 82.2. The molecular weight excluding hydrogens is 1510 g/mol. The number of H-pyrrole nitrogens is 2. The topological polar surface area (TPSA) is 515 Å². The Bertz CT molecular complexity index is 5270. The van der Waals surface area contributed by atoms with E-state index in [2.05, 4.69) is 61.8 Å². The fourth-order valence-electron chi connectivity index (χ4n) is 14.2. The van der Waals surface area contributed by atoms with E-state index in [1.807, 2.05) is 19.9 Å². The van der Waals surface area contributed by atoms with Crippen LogP contribution >= 0.6 is 0 Å². The van der Waals surface area contributed by atoms with E-state index in [-0.39, 0.29) is 124 Å². The molecule has 6 aliphatic rings. The zero-order valence-corrected chi connectivity index (χ0v) is 63.9. The molecule has 0 saturated carbocycles. The molecule has 41 heteroatoms. The number of aryl methyl sites for hydroxylation is 4. The van der Waals surface area contributed by atoms with Crippen LogP contribution in [0.15, 0.2) is 127 Å². The van der Waals surface area contributed by atoms with E-state index in [0.29, 0.717) is 64.9 Å². The van der Waals surface area contributed by atoms with Crippen molar-refractivity contribution in [3.63, 3.8) is 0 Å². The van der Waals surface area contributed by atoms with Crippen molar-refractivity contribution in [1.29, 1.82) is 0 Å². The van der Waals surface area contributed by atoms with Crippen LogP contribution in [0, 0.1) is 27.7 Å². The number of nitrogens with one attached hydrogen (secondary N) is 6. The van der Waals surface area contributed by atoms with Crippen LogP contribution in [0.3, 0.4) is 0 Å². The Morgan fingerprint density at radius 1 is 0.557 bits per heavy atom. The van der Waals surface area contributed by atoms with Crippen molar-refractivity contribution < 1.29 is 81.6 Å². The van der Waals surface area contributed by atoms with E-state index in [9.17, 15) is 62.6 Å². The number of ether oxygens (including phenoxy) is 9. The smallest absolute Gasteiger partial charge is 0.351 e. The lowest BCUT2D eigenvalue weighted by Gasteiger charge is -2.31. The molecule has 6 aromatic heterocycles. The lowest BCUT2D eigenvalue weighted by Crippen LogP contribution is -2.47. The molecule has 4 amide bonds. The predicted octanol–water partition coefficient (Wildman–Crippen LogP) is 0.803. The van der Waals surface area contributed by atoms with Crippen LogP contribution in [0.2, 0.25) is 0 Å². The number of esters is 1. The molecule has 612 valence electrons. The van der Waals surface area contributed by atoms with Crippen LogP contribution in [0.5, 0.6) is 0 Å².